The van der Waals surface area contributed by atoms with Gasteiger partial charge in [-0.05, 0) is 43.0 Å². The van der Waals surface area contributed by atoms with Crippen LogP contribution in [0.2, 0.25) is 5.02 Å². The standard InChI is InChI=1S/C11H15Cl/c1-4-5-10-8(2)6-7-11(12)9(10)3/h6-7H,4-5H2,1-3H3. The fraction of sp³-hybridized carbons (Fsp3) is 0.455. The summed E-state index contributed by atoms with van der Waals surface area (Å²) in [5.74, 6) is 0. The van der Waals surface area contributed by atoms with Crippen LogP contribution in [0.3, 0.4) is 0 Å². The maximum Gasteiger partial charge on any atom is 0.0438 e. The number of halogens is 1. The van der Waals surface area contributed by atoms with Gasteiger partial charge in [-0.25, -0.2) is 0 Å². The third kappa shape index (κ3) is 1.81. The largest absolute Gasteiger partial charge is 0.0840 e. The Labute approximate surface area is 79.6 Å². The van der Waals surface area contributed by atoms with E-state index in [9.17, 15) is 0 Å². The molecule has 0 saturated heterocycles. The minimum atomic E-state index is 0.893. The molecule has 0 heterocycles. The number of benzene rings is 1. The van der Waals surface area contributed by atoms with Gasteiger partial charge in [0.1, 0.15) is 0 Å². The van der Waals surface area contributed by atoms with Crippen LogP contribution in [0.5, 0.6) is 0 Å². The molecule has 0 aliphatic carbocycles. The van der Waals surface area contributed by atoms with E-state index in [1.807, 2.05) is 6.07 Å². The van der Waals surface area contributed by atoms with Gasteiger partial charge in [0.15, 0.2) is 0 Å². The Hall–Kier alpha value is -0.490. The highest BCUT2D eigenvalue weighted by molar-refractivity contribution is 6.31. The van der Waals surface area contributed by atoms with E-state index < -0.39 is 0 Å². The second-order valence-corrected chi connectivity index (χ2v) is 3.63. The first-order valence-corrected chi connectivity index (χ1v) is 4.79. The van der Waals surface area contributed by atoms with Crippen molar-refractivity contribution in [3.05, 3.63) is 33.8 Å². The fourth-order valence-corrected chi connectivity index (χ4v) is 1.68. The van der Waals surface area contributed by atoms with Crippen molar-refractivity contribution >= 4 is 11.6 Å². The van der Waals surface area contributed by atoms with Gasteiger partial charge in [-0.2, -0.15) is 0 Å². The molecule has 1 aromatic rings. The Kier molecular flexibility index (Phi) is 3.16. The molecular formula is C11H15Cl. The molecule has 0 unspecified atom stereocenters. The third-order valence-electron chi connectivity index (χ3n) is 2.27. The average molecular weight is 183 g/mol. The van der Waals surface area contributed by atoms with Gasteiger partial charge in [0.25, 0.3) is 0 Å². The molecule has 1 aromatic carbocycles. The van der Waals surface area contributed by atoms with Crippen molar-refractivity contribution < 1.29 is 0 Å². The molecule has 0 aliphatic heterocycles. The summed E-state index contributed by atoms with van der Waals surface area (Å²) < 4.78 is 0. The first-order valence-electron chi connectivity index (χ1n) is 4.41. The van der Waals surface area contributed by atoms with Crippen LogP contribution in [0.25, 0.3) is 0 Å². The molecule has 0 N–H and O–H groups in total. The zero-order valence-electron chi connectivity index (χ0n) is 7.95. The fourth-order valence-electron chi connectivity index (χ4n) is 1.50. The normalized spacial score (nSPS) is 10.3. The van der Waals surface area contributed by atoms with Crippen molar-refractivity contribution in [2.75, 3.05) is 0 Å². The maximum atomic E-state index is 6.02. The smallest absolute Gasteiger partial charge is 0.0438 e. The Morgan fingerprint density at radius 2 is 1.92 bits per heavy atom. The van der Waals surface area contributed by atoms with Crippen molar-refractivity contribution in [2.45, 2.75) is 33.6 Å². The van der Waals surface area contributed by atoms with Gasteiger partial charge in [-0.3, -0.25) is 0 Å². The molecule has 1 rings (SSSR count). The first-order chi connectivity index (χ1) is 5.66. The van der Waals surface area contributed by atoms with E-state index in [1.165, 1.54) is 23.1 Å². The predicted octanol–water partition coefficient (Wildman–Crippen LogP) is 3.91. The number of hydrogen-bond acceptors (Lipinski definition) is 0. The summed E-state index contributed by atoms with van der Waals surface area (Å²) >= 11 is 6.02. The second kappa shape index (κ2) is 3.95. The molecular weight excluding hydrogens is 168 g/mol. The van der Waals surface area contributed by atoms with Crippen molar-refractivity contribution in [3.8, 4) is 0 Å². The molecule has 0 atom stereocenters. The molecule has 0 nitrogen and oxygen atoms in total. The van der Waals surface area contributed by atoms with E-state index >= 15 is 0 Å². The van der Waals surface area contributed by atoms with Gasteiger partial charge in [0.2, 0.25) is 0 Å². The van der Waals surface area contributed by atoms with Crippen molar-refractivity contribution in [3.63, 3.8) is 0 Å². The summed E-state index contributed by atoms with van der Waals surface area (Å²) in [7, 11) is 0. The number of aryl methyl sites for hydroxylation is 1. The molecule has 0 fully saturated rings. The van der Waals surface area contributed by atoms with Gasteiger partial charge in [0.05, 0.1) is 0 Å². The molecule has 0 radical (unpaired) electrons. The number of rotatable bonds is 2. The third-order valence-corrected chi connectivity index (χ3v) is 2.68. The van der Waals surface area contributed by atoms with E-state index in [-0.39, 0.29) is 0 Å². The zero-order chi connectivity index (χ0) is 9.14. The summed E-state index contributed by atoms with van der Waals surface area (Å²) in [6, 6.07) is 4.08. The van der Waals surface area contributed by atoms with Crippen molar-refractivity contribution in [1.82, 2.24) is 0 Å². The molecule has 0 bridgehead atoms. The summed E-state index contributed by atoms with van der Waals surface area (Å²) in [5, 5.41) is 0.893. The van der Waals surface area contributed by atoms with Gasteiger partial charge < -0.3 is 0 Å². The van der Waals surface area contributed by atoms with Crippen LogP contribution in [-0.2, 0) is 6.42 Å². The second-order valence-electron chi connectivity index (χ2n) is 3.22. The zero-order valence-corrected chi connectivity index (χ0v) is 8.70. The van der Waals surface area contributed by atoms with Crippen LogP contribution < -0.4 is 0 Å². The Balaban J connectivity index is 3.14. The van der Waals surface area contributed by atoms with Crippen LogP contribution in [0.4, 0.5) is 0 Å². The predicted molar refractivity (Wildman–Crippen MR) is 54.9 cm³/mol. The van der Waals surface area contributed by atoms with E-state index in [4.69, 9.17) is 11.6 Å². The molecule has 0 aliphatic rings. The highest BCUT2D eigenvalue weighted by Gasteiger charge is 2.04. The SMILES string of the molecule is CCCc1c(C)ccc(Cl)c1C. The van der Waals surface area contributed by atoms with Crippen LogP contribution in [0.1, 0.15) is 30.0 Å². The molecule has 0 aromatic heterocycles. The summed E-state index contributed by atoms with van der Waals surface area (Å²) in [6.07, 6.45) is 2.32. The monoisotopic (exact) mass is 182 g/mol. The van der Waals surface area contributed by atoms with E-state index in [0.29, 0.717) is 0 Å². The Bertz CT molecular complexity index is 277. The molecule has 66 valence electrons. The van der Waals surface area contributed by atoms with Crippen molar-refractivity contribution in [1.29, 1.82) is 0 Å². The highest BCUT2D eigenvalue weighted by atomic mass is 35.5. The molecule has 12 heavy (non-hydrogen) atoms. The van der Waals surface area contributed by atoms with Crippen LogP contribution in [0.15, 0.2) is 12.1 Å². The minimum Gasteiger partial charge on any atom is -0.0840 e. The van der Waals surface area contributed by atoms with E-state index in [1.54, 1.807) is 0 Å². The van der Waals surface area contributed by atoms with E-state index in [2.05, 4.69) is 26.8 Å². The summed E-state index contributed by atoms with van der Waals surface area (Å²) in [4.78, 5) is 0. The number of hydrogen-bond donors (Lipinski definition) is 0. The van der Waals surface area contributed by atoms with Gasteiger partial charge >= 0.3 is 0 Å². The lowest BCUT2D eigenvalue weighted by Crippen LogP contribution is -1.93. The first kappa shape index (κ1) is 9.60. The van der Waals surface area contributed by atoms with Gasteiger partial charge in [-0.1, -0.05) is 31.0 Å². The Morgan fingerprint density at radius 1 is 1.25 bits per heavy atom. The molecule has 0 saturated carbocycles. The highest BCUT2D eigenvalue weighted by Crippen LogP contribution is 2.23. The quantitative estimate of drug-likeness (QED) is 0.651. The summed E-state index contributed by atoms with van der Waals surface area (Å²) in [6.45, 7) is 6.44. The van der Waals surface area contributed by atoms with E-state index in [0.717, 1.165) is 11.4 Å². The lowest BCUT2D eigenvalue weighted by atomic mass is 9.99. The molecule has 0 spiro atoms. The average Bonchev–Trinajstić information content (AvgIpc) is 2.06. The molecule has 0 amide bonds. The lowest BCUT2D eigenvalue weighted by Gasteiger charge is -2.09. The Morgan fingerprint density at radius 3 is 2.50 bits per heavy atom. The maximum absolute atomic E-state index is 6.02. The van der Waals surface area contributed by atoms with Crippen LogP contribution in [-0.4, -0.2) is 0 Å². The van der Waals surface area contributed by atoms with Gasteiger partial charge in [0, 0.05) is 5.02 Å². The van der Waals surface area contributed by atoms with Crippen molar-refractivity contribution in [2.24, 2.45) is 0 Å². The van der Waals surface area contributed by atoms with Crippen LogP contribution >= 0.6 is 11.6 Å². The van der Waals surface area contributed by atoms with Crippen LogP contribution in [0, 0.1) is 13.8 Å². The lowest BCUT2D eigenvalue weighted by molar-refractivity contribution is 0.903. The van der Waals surface area contributed by atoms with Gasteiger partial charge in [-0.15, -0.1) is 0 Å². The minimum absolute atomic E-state index is 0.893. The molecule has 1 heteroatoms. The topological polar surface area (TPSA) is 0 Å². The summed E-state index contributed by atoms with van der Waals surface area (Å²) in [5.41, 5.74) is 4.03.